The van der Waals surface area contributed by atoms with Crippen molar-refractivity contribution in [1.82, 2.24) is 4.57 Å². The van der Waals surface area contributed by atoms with Crippen LogP contribution in [0.25, 0.3) is 22.2 Å². The fourth-order valence-electron chi connectivity index (χ4n) is 5.34. The molecule has 0 spiro atoms. The lowest BCUT2D eigenvalue weighted by atomic mass is 10.0. The third kappa shape index (κ3) is 4.96. The number of para-hydroxylation sites is 2. The van der Waals surface area contributed by atoms with Crippen molar-refractivity contribution in [2.75, 3.05) is 5.32 Å². The van der Waals surface area contributed by atoms with E-state index in [1.807, 2.05) is 66.2 Å². The van der Waals surface area contributed by atoms with E-state index in [9.17, 15) is 24.6 Å². The molecule has 0 aliphatic carbocycles. The monoisotopic (exact) mass is 669 g/mol. The number of aliphatic imine (C=N–C) groups is 1. The molecule has 0 unspecified atom stereocenters. The zero-order valence-corrected chi connectivity index (χ0v) is 24.5. The Morgan fingerprint density at radius 3 is 2.52 bits per heavy atom. The zero-order valence-electron chi connectivity index (χ0n) is 22.4. The smallest absolute Gasteiger partial charge is 0.339 e. The van der Waals surface area contributed by atoms with Gasteiger partial charge in [-0.1, -0.05) is 54.6 Å². The number of nitrogens with one attached hydrogen (secondary N) is 1. The minimum atomic E-state index is -1.21. The van der Waals surface area contributed by atoms with Crippen molar-refractivity contribution >= 4 is 68.2 Å². The summed E-state index contributed by atoms with van der Waals surface area (Å²) >= 11 is 2.16. The topological polar surface area (TPSA) is 121 Å². The van der Waals surface area contributed by atoms with Crippen molar-refractivity contribution in [2.24, 2.45) is 12.0 Å². The summed E-state index contributed by atoms with van der Waals surface area (Å²) in [6.45, 7) is 0. The van der Waals surface area contributed by atoms with Crippen LogP contribution in [0, 0.1) is 3.57 Å². The van der Waals surface area contributed by atoms with Gasteiger partial charge < -0.3 is 20.1 Å². The van der Waals surface area contributed by atoms with Crippen molar-refractivity contribution in [2.45, 2.75) is 12.8 Å². The molecule has 4 aromatic carbocycles. The number of carboxylic acid groups (broad SMARTS) is 1. The molecule has 9 heteroatoms. The summed E-state index contributed by atoms with van der Waals surface area (Å²) in [5.74, 6) is -2.81. The molecule has 1 aliphatic rings. The number of carbonyl (C=O) groups excluding carboxylic acids is 2. The summed E-state index contributed by atoms with van der Waals surface area (Å²) in [5, 5.41) is 23.1. The van der Waals surface area contributed by atoms with Gasteiger partial charge in [0.05, 0.1) is 28.3 Å². The molecule has 0 fully saturated rings. The first-order valence-corrected chi connectivity index (χ1v) is 14.2. The van der Waals surface area contributed by atoms with Gasteiger partial charge in [-0.25, -0.2) is 4.79 Å². The molecule has 3 N–H and O–H groups in total. The van der Waals surface area contributed by atoms with Crippen LogP contribution in [-0.2, 0) is 29.5 Å². The van der Waals surface area contributed by atoms with E-state index in [0.29, 0.717) is 28.6 Å². The Labute approximate surface area is 254 Å². The lowest BCUT2D eigenvalue weighted by Crippen LogP contribution is -2.25. The second-order valence-corrected chi connectivity index (χ2v) is 11.2. The number of aryl methyl sites for hydroxylation is 1. The Morgan fingerprint density at radius 2 is 1.74 bits per heavy atom. The minimum Gasteiger partial charge on any atom is -0.507 e. The molecule has 0 saturated heterocycles. The van der Waals surface area contributed by atoms with Crippen LogP contribution in [0.2, 0.25) is 0 Å². The normalized spacial score (nSPS) is 12.2. The molecule has 2 heterocycles. The predicted octanol–water partition coefficient (Wildman–Crippen LogP) is 6.28. The number of benzene rings is 4. The molecule has 208 valence electrons. The van der Waals surface area contributed by atoms with Gasteiger partial charge in [-0.2, -0.15) is 0 Å². The number of fused-ring (bicyclic) bond motifs is 2. The maximum Gasteiger partial charge on any atom is 0.339 e. The van der Waals surface area contributed by atoms with Crippen LogP contribution in [0.3, 0.4) is 0 Å². The number of aromatic carboxylic acids is 1. The lowest BCUT2D eigenvalue weighted by Gasteiger charge is -2.11. The van der Waals surface area contributed by atoms with Crippen molar-refractivity contribution in [3.05, 3.63) is 111 Å². The first-order valence-electron chi connectivity index (χ1n) is 13.1. The van der Waals surface area contributed by atoms with Crippen LogP contribution in [-0.4, -0.2) is 38.2 Å². The van der Waals surface area contributed by atoms with Crippen molar-refractivity contribution in [1.29, 1.82) is 0 Å². The molecule has 1 amide bonds. The Kier molecular flexibility index (Phi) is 7.11. The van der Waals surface area contributed by atoms with Gasteiger partial charge in [-0.15, -0.1) is 0 Å². The number of aromatic hydroxyl groups is 1. The summed E-state index contributed by atoms with van der Waals surface area (Å²) in [6.07, 6.45) is 0.548. The highest BCUT2D eigenvalue weighted by Crippen LogP contribution is 2.37. The van der Waals surface area contributed by atoms with E-state index in [4.69, 9.17) is 4.99 Å². The highest BCUT2D eigenvalue weighted by Gasteiger charge is 2.23. The Morgan fingerprint density at radius 1 is 0.976 bits per heavy atom. The van der Waals surface area contributed by atoms with Crippen LogP contribution in [0.15, 0.2) is 89.9 Å². The third-order valence-electron chi connectivity index (χ3n) is 7.40. The Hall–Kier alpha value is -4.77. The molecule has 5 aromatic rings. The second kappa shape index (κ2) is 10.9. The number of hydrogen-bond acceptors (Lipinski definition) is 5. The van der Waals surface area contributed by atoms with E-state index < -0.39 is 17.7 Å². The van der Waals surface area contributed by atoms with Gasteiger partial charge in [0.2, 0.25) is 5.78 Å². The van der Waals surface area contributed by atoms with E-state index in [1.165, 1.54) is 12.1 Å². The van der Waals surface area contributed by atoms with Gasteiger partial charge in [-0.05, 0) is 63.5 Å². The Balaban J connectivity index is 1.23. The molecular formula is C33H24IN3O5. The molecule has 42 heavy (non-hydrogen) atoms. The predicted molar refractivity (Wildman–Crippen MR) is 170 cm³/mol. The number of carbonyl (C=O) groups is 3. The zero-order chi connectivity index (χ0) is 29.5. The maximum atomic E-state index is 13.1. The summed E-state index contributed by atoms with van der Waals surface area (Å²) in [6, 6.07) is 25.5. The van der Waals surface area contributed by atoms with Crippen LogP contribution >= 0.6 is 22.6 Å². The SMILES string of the molecule is Cn1c(-c2cccc(CC(=O)C(=O)Nc3ccccc3C3=Nc4ccccc4C3)c2)c(I)c2cc(C(=O)O)c(O)cc21. The van der Waals surface area contributed by atoms with Gasteiger partial charge in [0.25, 0.3) is 5.91 Å². The average molecular weight is 669 g/mol. The number of phenols is 1. The number of anilines is 1. The highest BCUT2D eigenvalue weighted by molar-refractivity contribution is 14.1. The molecule has 0 saturated carbocycles. The lowest BCUT2D eigenvalue weighted by molar-refractivity contribution is -0.134. The number of amides is 1. The molecule has 0 bridgehead atoms. The van der Waals surface area contributed by atoms with Crippen molar-refractivity contribution < 1.29 is 24.6 Å². The van der Waals surface area contributed by atoms with Crippen molar-refractivity contribution in [3.63, 3.8) is 0 Å². The standard InChI is InChI=1S/C33H24IN3O5/c1-37-27-17-28(38)23(33(41)42)16-22(27)30(34)31(37)20-9-6-7-18(13-20)14-29(39)32(40)36-25-12-5-3-10-21(25)26-15-19-8-2-4-11-24(19)35-26/h2-13,16-17,38H,14-15H2,1H3,(H,36,40)(H,41,42). The van der Waals surface area contributed by atoms with E-state index >= 15 is 0 Å². The van der Waals surface area contributed by atoms with E-state index in [-0.39, 0.29) is 17.7 Å². The van der Waals surface area contributed by atoms with E-state index in [2.05, 4.69) is 27.9 Å². The van der Waals surface area contributed by atoms with E-state index in [1.54, 1.807) is 18.2 Å². The molecular weight excluding hydrogens is 645 g/mol. The molecule has 8 nitrogen and oxygen atoms in total. The number of Topliss-reactive ketones (excluding diaryl/α,β-unsaturated/α-hetero) is 1. The molecule has 1 aliphatic heterocycles. The number of halogens is 1. The minimum absolute atomic E-state index is 0.0985. The first kappa shape index (κ1) is 27.4. The molecule has 1 aromatic heterocycles. The van der Waals surface area contributed by atoms with Crippen LogP contribution in [0.1, 0.15) is 27.0 Å². The fourth-order valence-corrected chi connectivity index (χ4v) is 6.44. The number of hydrogen-bond donors (Lipinski definition) is 3. The number of aromatic nitrogens is 1. The van der Waals surface area contributed by atoms with Crippen molar-refractivity contribution in [3.8, 4) is 17.0 Å². The number of ketones is 1. The average Bonchev–Trinajstić information content (AvgIpc) is 3.51. The summed E-state index contributed by atoms with van der Waals surface area (Å²) in [5.41, 5.74) is 6.93. The van der Waals surface area contributed by atoms with Crippen LogP contribution < -0.4 is 5.32 Å². The summed E-state index contributed by atoms with van der Waals surface area (Å²) in [7, 11) is 1.83. The number of nitrogens with zero attached hydrogens (tertiary/aromatic N) is 2. The fraction of sp³-hybridized carbons (Fsp3) is 0.0909. The number of rotatable bonds is 7. The first-order chi connectivity index (χ1) is 20.2. The Bertz CT molecular complexity index is 1970. The molecule has 6 rings (SSSR count). The highest BCUT2D eigenvalue weighted by atomic mass is 127. The third-order valence-corrected chi connectivity index (χ3v) is 8.49. The van der Waals surface area contributed by atoms with Gasteiger partial charge in [0.15, 0.2) is 0 Å². The molecule has 0 radical (unpaired) electrons. The second-order valence-electron chi connectivity index (χ2n) is 10.1. The van der Waals surface area contributed by atoms with Gasteiger partial charge in [0, 0.05) is 40.5 Å². The van der Waals surface area contributed by atoms with E-state index in [0.717, 1.165) is 37.4 Å². The largest absolute Gasteiger partial charge is 0.507 e. The van der Waals surface area contributed by atoms with Crippen LogP contribution in [0.5, 0.6) is 5.75 Å². The summed E-state index contributed by atoms with van der Waals surface area (Å²) in [4.78, 5) is 42.4. The van der Waals surface area contributed by atoms with Gasteiger partial charge in [0.1, 0.15) is 11.3 Å². The van der Waals surface area contributed by atoms with Crippen LogP contribution in [0.4, 0.5) is 11.4 Å². The number of carboxylic acids is 1. The van der Waals surface area contributed by atoms with Gasteiger partial charge in [-0.3, -0.25) is 14.6 Å². The quantitative estimate of drug-likeness (QED) is 0.139. The maximum absolute atomic E-state index is 13.1. The van der Waals surface area contributed by atoms with Gasteiger partial charge >= 0.3 is 5.97 Å². The molecule has 0 atom stereocenters. The summed E-state index contributed by atoms with van der Waals surface area (Å²) < 4.78 is 2.68.